The summed E-state index contributed by atoms with van der Waals surface area (Å²) in [4.78, 5) is 3.96. The fraction of sp³-hybridized carbons (Fsp3) is 0.100. The number of hydrogen-bond acceptors (Lipinski definition) is 2. The van der Waals surface area contributed by atoms with Crippen LogP contribution < -0.4 is 4.74 Å². The third-order valence-corrected chi connectivity index (χ3v) is 2.23. The van der Waals surface area contributed by atoms with Crippen molar-refractivity contribution in [2.75, 3.05) is 7.11 Å². The Morgan fingerprint density at radius 1 is 1.50 bits per heavy atom. The van der Waals surface area contributed by atoms with E-state index in [1.165, 1.54) is 0 Å². The van der Waals surface area contributed by atoms with Crippen molar-refractivity contribution in [1.82, 2.24) is 4.98 Å². The predicted octanol–water partition coefficient (Wildman–Crippen LogP) is 2.32. The molecular weight excluding hydrogens is 196 g/mol. The first-order valence-electron chi connectivity index (χ1n) is 4.23. The van der Waals surface area contributed by atoms with Crippen molar-refractivity contribution in [1.29, 1.82) is 0 Å². The van der Waals surface area contributed by atoms with Gasteiger partial charge in [-0.3, -0.25) is 0 Å². The number of hydrogen-bond donors (Lipinski definition) is 0. The van der Waals surface area contributed by atoms with Gasteiger partial charge in [0.25, 0.3) is 0 Å². The zero-order chi connectivity index (χ0) is 9.97. The van der Waals surface area contributed by atoms with Crippen molar-refractivity contribution >= 4 is 24.4 Å². The normalized spacial score (nSPS) is 13.7. The molecule has 1 aliphatic heterocycles. The molecule has 14 heavy (non-hydrogen) atoms. The van der Waals surface area contributed by atoms with Crippen LogP contribution >= 0.6 is 11.6 Å². The van der Waals surface area contributed by atoms with Crippen LogP contribution in [0.4, 0.5) is 0 Å². The molecule has 1 aromatic rings. The van der Waals surface area contributed by atoms with E-state index in [1.807, 2.05) is 25.4 Å². The van der Waals surface area contributed by atoms with E-state index in [1.54, 1.807) is 19.4 Å². The first-order valence-corrected chi connectivity index (χ1v) is 4.60. The van der Waals surface area contributed by atoms with Gasteiger partial charge < -0.3 is 4.74 Å². The van der Waals surface area contributed by atoms with Crippen LogP contribution in [-0.4, -0.2) is 19.4 Å². The highest BCUT2D eigenvalue weighted by atomic mass is 35.5. The Balaban J connectivity index is 2.44. The highest BCUT2D eigenvalue weighted by Gasteiger charge is 2.11. The van der Waals surface area contributed by atoms with E-state index in [0.29, 0.717) is 5.15 Å². The predicted molar refractivity (Wildman–Crippen MR) is 58.7 cm³/mol. The van der Waals surface area contributed by atoms with Crippen molar-refractivity contribution in [2.45, 2.75) is 0 Å². The molecule has 0 N–H and O–H groups in total. The number of nitrogens with zero attached hydrogens (tertiary/aromatic N) is 1. The van der Waals surface area contributed by atoms with Crippen LogP contribution in [0.25, 0.3) is 5.47 Å². The van der Waals surface area contributed by atoms with Gasteiger partial charge in [0.1, 0.15) is 10.9 Å². The SMILES string of the molecule is COc1cnc(Cl)cc1C1=CC=C[B]1. The molecule has 1 aliphatic rings. The molecule has 0 atom stereocenters. The standard InChI is InChI=1S/C10H8BClNO/c1-14-9-6-13-10(12)5-7(9)8-3-2-4-11-8/h2-6H,1H3. The van der Waals surface area contributed by atoms with Gasteiger partial charge >= 0.3 is 0 Å². The molecule has 4 heteroatoms. The number of ether oxygens (including phenoxy) is 1. The lowest BCUT2D eigenvalue weighted by Gasteiger charge is -2.08. The average Bonchev–Trinajstić information content (AvgIpc) is 2.70. The molecule has 1 radical (unpaired) electrons. The molecule has 0 bridgehead atoms. The van der Waals surface area contributed by atoms with Gasteiger partial charge in [0.2, 0.25) is 0 Å². The van der Waals surface area contributed by atoms with E-state index >= 15 is 0 Å². The summed E-state index contributed by atoms with van der Waals surface area (Å²) in [5.74, 6) is 2.71. The van der Waals surface area contributed by atoms with Gasteiger partial charge in [0, 0.05) is 5.56 Å². The Kier molecular flexibility index (Phi) is 2.59. The lowest BCUT2D eigenvalue weighted by Crippen LogP contribution is -1.95. The fourth-order valence-corrected chi connectivity index (χ4v) is 1.52. The van der Waals surface area contributed by atoms with Crippen LogP contribution in [0.1, 0.15) is 5.56 Å². The molecule has 0 aromatic carbocycles. The van der Waals surface area contributed by atoms with Crippen LogP contribution in [-0.2, 0) is 0 Å². The highest BCUT2D eigenvalue weighted by molar-refractivity contribution is 6.67. The maximum atomic E-state index is 5.82. The summed E-state index contributed by atoms with van der Waals surface area (Å²) in [5.41, 5.74) is 2.06. The second-order valence-corrected chi connectivity index (χ2v) is 3.27. The topological polar surface area (TPSA) is 22.1 Å². The molecule has 2 nitrogen and oxygen atoms in total. The highest BCUT2D eigenvalue weighted by Crippen LogP contribution is 2.28. The Morgan fingerprint density at radius 3 is 3.00 bits per heavy atom. The monoisotopic (exact) mass is 204 g/mol. The Hall–Kier alpha value is -1.22. The van der Waals surface area contributed by atoms with Crippen LogP contribution in [0.3, 0.4) is 0 Å². The first-order chi connectivity index (χ1) is 6.81. The largest absolute Gasteiger partial charge is 0.495 e. The molecule has 0 fully saturated rings. The van der Waals surface area contributed by atoms with Gasteiger partial charge in [-0.25, -0.2) is 4.98 Å². The van der Waals surface area contributed by atoms with Gasteiger partial charge in [0.15, 0.2) is 7.28 Å². The molecule has 1 aromatic heterocycles. The van der Waals surface area contributed by atoms with Gasteiger partial charge in [0.05, 0.1) is 13.3 Å². The van der Waals surface area contributed by atoms with Crippen LogP contribution in [0.2, 0.25) is 5.15 Å². The molecule has 0 saturated heterocycles. The molecule has 2 heterocycles. The number of aromatic nitrogens is 1. The maximum Gasteiger partial charge on any atom is 0.182 e. The minimum absolute atomic E-state index is 0.474. The van der Waals surface area contributed by atoms with Gasteiger partial charge in [-0.2, -0.15) is 0 Å². The van der Waals surface area contributed by atoms with Crippen LogP contribution in [0.5, 0.6) is 5.75 Å². The molecule has 2 rings (SSSR count). The number of methoxy groups -OCH3 is 1. The smallest absolute Gasteiger partial charge is 0.182 e. The zero-order valence-corrected chi connectivity index (χ0v) is 8.45. The maximum absolute atomic E-state index is 5.82. The van der Waals surface area contributed by atoms with E-state index in [2.05, 4.69) is 4.98 Å². The van der Waals surface area contributed by atoms with Crippen molar-refractivity contribution in [2.24, 2.45) is 0 Å². The van der Waals surface area contributed by atoms with Gasteiger partial charge in [-0.15, -0.1) is 5.98 Å². The molecule has 0 saturated carbocycles. The van der Waals surface area contributed by atoms with E-state index < -0.39 is 0 Å². The van der Waals surface area contributed by atoms with Gasteiger partial charge in [-0.1, -0.05) is 29.2 Å². The summed E-state index contributed by atoms with van der Waals surface area (Å²) in [7, 11) is 3.63. The second kappa shape index (κ2) is 3.88. The summed E-state index contributed by atoms with van der Waals surface area (Å²) in [6, 6.07) is 1.80. The zero-order valence-electron chi connectivity index (χ0n) is 7.70. The van der Waals surface area contributed by atoms with E-state index in [4.69, 9.17) is 16.3 Å². The first kappa shape index (κ1) is 9.34. The lowest BCUT2D eigenvalue weighted by molar-refractivity contribution is 0.412. The third kappa shape index (κ3) is 1.68. The minimum atomic E-state index is 0.474. The summed E-state index contributed by atoms with van der Waals surface area (Å²) in [6.45, 7) is 0. The van der Waals surface area contributed by atoms with E-state index in [0.717, 1.165) is 16.8 Å². The Bertz CT molecular complexity index is 415. The van der Waals surface area contributed by atoms with Crippen molar-refractivity contribution in [3.8, 4) is 5.75 Å². The number of allylic oxidation sites excluding steroid dienone is 2. The quantitative estimate of drug-likeness (QED) is 0.545. The summed E-state index contributed by atoms with van der Waals surface area (Å²) in [5, 5.41) is 0.474. The molecular formula is C10H8BClNO. The average molecular weight is 204 g/mol. The molecule has 0 aliphatic carbocycles. The number of halogens is 1. The third-order valence-electron chi connectivity index (χ3n) is 2.03. The number of rotatable bonds is 2. The second-order valence-electron chi connectivity index (χ2n) is 2.88. The fourth-order valence-electron chi connectivity index (χ4n) is 1.36. The van der Waals surface area contributed by atoms with Gasteiger partial charge in [-0.05, 0) is 6.07 Å². The molecule has 0 unspecified atom stereocenters. The summed E-state index contributed by atoms with van der Waals surface area (Å²) < 4.78 is 5.20. The van der Waals surface area contributed by atoms with Crippen LogP contribution in [0.15, 0.2) is 30.4 Å². The van der Waals surface area contributed by atoms with E-state index in [9.17, 15) is 0 Å². The minimum Gasteiger partial charge on any atom is -0.495 e. The Labute approximate surface area is 88.5 Å². The number of pyridine rings is 1. The van der Waals surface area contributed by atoms with E-state index in [-0.39, 0.29) is 0 Å². The lowest BCUT2D eigenvalue weighted by atomic mass is 9.70. The molecule has 69 valence electrons. The van der Waals surface area contributed by atoms with Crippen molar-refractivity contribution in [3.05, 3.63) is 41.1 Å². The molecule has 0 spiro atoms. The molecule has 0 amide bonds. The Morgan fingerprint density at radius 2 is 2.36 bits per heavy atom. The van der Waals surface area contributed by atoms with Crippen LogP contribution in [0, 0.1) is 0 Å². The van der Waals surface area contributed by atoms with Crippen molar-refractivity contribution < 1.29 is 4.74 Å². The van der Waals surface area contributed by atoms with Crippen molar-refractivity contribution in [3.63, 3.8) is 0 Å². The summed E-state index contributed by atoms with van der Waals surface area (Å²) >= 11 is 5.82. The summed E-state index contributed by atoms with van der Waals surface area (Å²) in [6.07, 6.45) is 5.61.